The summed E-state index contributed by atoms with van der Waals surface area (Å²) in [5.41, 5.74) is 1.79. The molecule has 6 nitrogen and oxygen atoms in total. The van der Waals surface area contributed by atoms with E-state index >= 15 is 0 Å². The van der Waals surface area contributed by atoms with Gasteiger partial charge in [0.25, 0.3) is 5.56 Å². The lowest BCUT2D eigenvalue weighted by molar-refractivity contribution is 0.242. The zero-order chi connectivity index (χ0) is 22.1. The van der Waals surface area contributed by atoms with Gasteiger partial charge in [-0.05, 0) is 50.2 Å². The number of hydrogen-bond acceptors (Lipinski definition) is 5. The summed E-state index contributed by atoms with van der Waals surface area (Å²) in [5.74, 6) is 1.50. The lowest BCUT2D eigenvalue weighted by Gasteiger charge is -2.12. The SMILES string of the molecule is CC(C)Oc1ccccc1C=Nn1c(-c2cc3ccccc3o2)nc2ccccc2c1=O. The highest BCUT2D eigenvalue weighted by Crippen LogP contribution is 2.27. The fourth-order valence-electron chi connectivity index (χ4n) is 3.55. The Bertz CT molecular complexity index is 1480. The molecule has 0 unspecified atom stereocenters. The third kappa shape index (κ3) is 3.67. The standard InChI is InChI=1S/C26H21N3O3/c1-17(2)31-23-14-8-4-10-19(23)16-27-29-25(24-15-18-9-3-7-13-22(18)32-24)28-21-12-6-5-11-20(21)26(29)30/h3-17H,1-2H3. The normalized spacial score (nSPS) is 11.7. The Morgan fingerprint density at radius 2 is 1.75 bits per heavy atom. The first kappa shape index (κ1) is 19.8. The third-order valence-electron chi connectivity index (χ3n) is 4.99. The van der Waals surface area contributed by atoms with Gasteiger partial charge in [-0.15, -0.1) is 0 Å². The Hall–Kier alpha value is -4.19. The van der Waals surface area contributed by atoms with Crippen LogP contribution in [0.2, 0.25) is 0 Å². The van der Waals surface area contributed by atoms with E-state index in [4.69, 9.17) is 14.1 Å². The largest absolute Gasteiger partial charge is 0.490 e. The number of rotatable bonds is 5. The van der Waals surface area contributed by atoms with Crippen molar-refractivity contribution in [1.29, 1.82) is 0 Å². The molecular weight excluding hydrogens is 402 g/mol. The zero-order valence-corrected chi connectivity index (χ0v) is 17.7. The summed E-state index contributed by atoms with van der Waals surface area (Å²) < 4.78 is 13.2. The number of para-hydroxylation sites is 3. The second kappa shape index (κ2) is 8.15. The van der Waals surface area contributed by atoms with Crippen LogP contribution in [0.25, 0.3) is 33.5 Å². The summed E-state index contributed by atoms with van der Waals surface area (Å²) in [6.45, 7) is 3.93. The van der Waals surface area contributed by atoms with Crippen molar-refractivity contribution >= 4 is 28.1 Å². The second-order valence-electron chi connectivity index (χ2n) is 7.67. The van der Waals surface area contributed by atoms with Crippen LogP contribution in [-0.4, -0.2) is 22.0 Å². The molecule has 0 saturated heterocycles. The second-order valence-corrected chi connectivity index (χ2v) is 7.67. The average Bonchev–Trinajstić information content (AvgIpc) is 3.23. The fraction of sp³-hybridized carbons (Fsp3) is 0.115. The van der Waals surface area contributed by atoms with Crippen LogP contribution in [-0.2, 0) is 0 Å². The molecule has 0 atom stereocenters. The molecule has 0 amide bonds. The van der Waals surface area contributed by atoms with Crippen molar-refractivity contribution in [2.24, 2.45) is 5.10 Å². The van der Waals surface area contributed by atoms with Crippen molar-refractivity contribution < 1.29 is 9.15 Å². The Kier molecular flexibility index (Phi) is 5.03. The van der Waals surface area contributed by atoms with Gasteiger partial charge in [-0.3, -0.25) is 4.79 Å². The van der Waals surface area contributed by atoms with Gasteiger partial charge >= 0.3 is 0 Å². The molecule has 2 heterocycles. The Morgan fingerprint density at radius 1 is 1.00 bits per heavy atom. The van der Waals surface area contributed by atoms with Crippen molar-refractivity contribution in [3.63, 3.8) is 0 Å². The molecule has 32 heavy (non-hydrogen) atoms. The first-order chi connectivity index (χ1) is 15.6. The number of furan rings is 1. The van der Waals surface area contributed by atoms with E-state index < -0.39 is 0 Å². The lowest BCUT2D eigenvalue weighted by atomic mass is 10.2. The highest BCUT2D eigenvalue weighted by Gasteiger charge is 2.16. The summed E-state index contributed by atoms with van der Waals surface area (Å²) in [6, 6.07) is 24.3. The molecule has 0 saturated carbocycles. The number of benzene rings is 3. The van der Waals surface area contributed by atoms with E-state index in [9.17, 15) is 4.79 Å². The molecule has 0 fully saturated rings. The van der Waals surface area contributed by atoms with Crippen LogP contribution in [0.15, 0.2) is 93.2 Å². The van der Waals surface area contributed by atoms with Crippen LogP contribution in [0.5, 0.6) is 5.75 Å². The molecule has 3 aromatic carbocycles. The molecule has 0 aliphatic carbocycles. The summed E-state index contributed by atoms with van der Waals surface area (Å²) >= 11 is 0. The van der Waals surface area contributed by atoms with Crippen molar-refractivity contribution in [2.75, 3.05) is 0 Å². The van der Waals surface area contributed by atoms with Gasteiger partial charge in [-0.2, -0.15) is 9.78 Å². The molecule has 2 aromatic heterocycles. The van der Waals surface area contributed by atoms with Gasteiger partial charge in [0.2, 0.25) is 5.82 Å². The molecule has 158 valence electrons. The number of nitrogens with zero attached hydrogens (tertiary/aromatic N) is 3. The van der Waals surface area contributed by atoms with Gasteiger partial charge in [-0.1, -0.05) is 42.5 Å². The maximum Gasteiger partial charge on any atom is 0.282 e. The Balaban J connectivity index is 1.70. The lowest BCUT2D eigenvalue weighted by Crippen LogP contribution is -2.20. The average molecular weight is 423 g/mol. The van der Waals surface area contributed by atoms with Gasteiger partial charge in [0.05, 0.1) is 23.2 Å². The van der Waals surface area contributed by atoms with Crippen LogP contribution in [0.1, 0.15) is 19.4 Å². The first-order valence-corrected chi connectivity index (χ1v) is 10.4. The minimum atomic E-state index is -0.274. The number of hydrogen-bond donors (Lipinski definition) is 0. The summed E-state index contributed by atoms with van der Waals surface area (Å²) in [4.78, 5) is 18.1. The van der Waals surface area contributed by atoms with Crippen LogP contribution >= 0.6 is 0 Å². The predicted molar refractivity (Wildman–Crippen MR) is 126 cm³/mol. The van der Waals surface area contributed by atoms with Gasteiger partial charge < -0.3 is 9.15 Å². The van der Waals surface area contributed by atoms with Gasteiger partial charge in [-0.25, -0.2) is 4.98 Å². The van der Waals surface area contributed by atoms with Gasteiger partial charge in [0.15, 0.2) is 5.76 Å². The van der Waals surface area contributed by atoms with Crippen molar-refractivity contribution in [3.05, 3.63) is 94.8 Å². The highest BCUT2D eigenvalue weighted by molar-refractivity contribution is 5.85. The molecule has 6 heteroatoms. The van der Waals surface area contributed by atoms with E-state index in [2.05, 4.69) is 5.10 Å². The topological polar surface area (TPSA) is 69.6 Å². The maximum atomic E-state index is 13.4. The third-order valence-corrected chi connectivity index (χ3v) is 4.99. The van der Waals surface area contributed by atoms with Crippen molar-refractivity contribution in [3.8, 4) is 17.3 Å². The van der Waals surface area contributed by atoms with Crippen LogP contribution in [0, 0.1) is 0 Å². The molecule has 0 bridgehead atoms. The van der Waals surface area contributed by atoms with Gasteiger partial charge in [0, 0.05) is 10.9 Å². The summed E-state index contributed by atoms with van der Waals surface area (Å²) in [5, 5.41) is 5.93. The van der Waals surface area contributed by atoms with Crippen molar-refractivity contribution in [2.45, 2.75) is 20.0 Å². The summed E-state index contributed by atoms with van der Waals surface area (Å²) in [6.07, 6.45) is 1.63. The predicted octanol–water partition coefficient (Wildman–Crippen LogP) is 5.48. The summed E-state index contributed by atoms with van der Waals surface area (Å²) in [7, 11) is 0. The number of aromatic nitrogens is 2. The van der Waals surface area contributed by atoms with E-state index in [0.29, 0.717) is 28.2 Å². The van der Waals surface area contributed by atoms with E-state index in [1.54, 1.807) is 12.3 Å². The molecule has 5 rings (SSSR count). The van der Waals surface area contributed by atoms with Crippen LogP contribution < -0.4 is 10.3 Å². The molecular formula is C26H21N3O3. The van der Waals surface area contributed by atoms with Crippen LogP contribution in [0.4, 0.5) is 0 Å². The van der Waals surface area contributed by atoms with E-state index in [0.717, 1.165) is 16.5 Å². The first-order valence-electron chi connectivity index (χ1n) is 10.4. The number of ether oxygens (including phenoxy) is 1. The van der Waals surface area contributed by atoms with Crippen molar-refractivity contribution in [1.82, 2.24) is 9.66 Å². The fourth-order valence-corrected chi connectivity index (χ4v) is 3.55. The minimum absolute atomic E-state index is 0.0146. The Labute approximate surface area is 184 Å². The molecule has 5 aromatic rings. The zero-order valence-electron chi connectivity index (χ0n) is 17.7. The minimum Gasteiger partial charge on any atom is -0.490 e. The van der Waals surface area contributed by atoms with Gasteiger partial charge in [0.1, 0.15) is 11.3 Å². The number of fused-ring (bicyclic) bond motifs is 2. The quantitative estimate of drug-likeness (QED) is 0.351. The highest BCUT2D eigenvalue weighted by atomic mass is 16.5. The van der Waals surface area contributed by atoms with E-state index in [1.807, 2.05) is 86.6 Å². The maximum absolute atomic E-state index is 13.4. The molecule has 0 radical (unpaired) electrons. The molecule has 0 N–H and O–H groups in total. The Morgan fingerprint density at radius 3 is 2.59 bits per heavy atom. The molecule has 0 spiro atoms. The van der Waals surface area contributed by atoms with Crippen LogP contribution in [0.3, 0.4) is 0 Å². The molecule has 0 aliphatic rings. The smallest absolute Gasteiger partial charge is 0.282 e. The molecule has 0 aliphatic heterocycles. The monoisotopic (exact) mass is 423 g/mol. The van der Waals surface area contributed by atoms with E-state index in [-0.39, 0.29) is 11.7 Å². The van der Waals surface area contributed by atoms with E-state index in [1.165, 1.54) is 4.68 Å².